The van der Waals surface area contributed by atoms with Crippen molar-refractivity contribution in [3.63, 3.8) is 0 Å². The van der Waals surface area contributed by atoms with Crippen LogP contribution in [0.15, 0.2) is 70.5 Å². The molecule has 0 aromatic heterocycles. The number of piperazine rings is 1. The molecule has 180 valence electrons. The Morgan fingerprint density at radius 1 is 1.03 bits per heavy atom. The van der Waals surface area contributed by atoms with Crippen molar-refractivity contribution in [3.8, 4) is 0 Å². The molecule has 0 bridgehead atoms. The molecule has 0 saturated carbocycles. The van der Waals surface area contributed by atoms with E-state index in [0.717, 1.165) is 47.5 Å². The second-order valence-corrected chi connectivity index (χ2v) is 10.3. The number of hydrogen-bond donors (Lipinski definition) is 2. The molecular formula is C27H27ClN4O2S. The van der Waals surface area contributed by atoms with Crippen molar-refractivity contribution in [1.82, 2.24) is 10.2 Å². The quantitative estimate of drug-likeness (QED) is 0.514. The molecule has 8 heteroatoms. The van der Waals surface area contributed by atoms with Crippen LogP contribution in [0.1, 0.15) is 26.3 Å². The van der Waals surface area contributed by atoms with Crippen LogP contribution < -0.4 is 15.5 Å². The standard InChI is InChI=1S/C27H27ClN4O2S/c1-18-6-8-20(28)17-23(18)32-14-12-31(13-15-32)11-10-29-26(33)19-7-9-25-22(16-19)30-27(34)21-4-2-3-5-24(21)35-25/h2-9,16-17H,10-15H2,1H3,(H,29,33)(H,30,34). The second kappa shape index (κ2) is 10.3. The van der Waals surface area contributed by atoms with Crippen molar-refractivity contribution in [2.45, 2.75) is 16.7 Å². The Kier molecular flexibility index (Phi) is 7.00. The predicted molar refractivity (Wildman–Crippen MR) is 142 cm³/mol. The van der Waals surface area contributed by atoms with Crippen LogP contribution in [0.4, 0.5) is 11.4 Å². The molecule has 0 atom stereocenters. The lowest BCUT2D eigenvalue weighted by atomic mass is 10.1. The van der Waals surface area contributed by atoms with Crippen molar-refractivity contribution in [2.75, 3.05) is 49.5 Å². The first-order valence-electron chi connectivity index (χ1n) is 11.7. The van der Waals surface area contributed by atoms with E-state index in [2.05, 4.69) is 33.4 Å². The van der Waals surface area contributed by atoms with Gasteiger partial charge in [0.1, 0.15) is 0 Å². The van der Waals surface area contributed by atoms with E-state index in [9.17, 15) is 9.59 Å². The van der Waals surface area contributed by atoms with Gasteiger partial charge in [-0.25, -0.2) is 0 Å². The van der Waals surface area contributed by atoms with Gasteiger partial charge < -0.3 is 15.5 Å². The molecule has 5 rings (SSSR count). The van der Waals surface area contributed by atoms with Gasteiger partial charge in [-0.1, -0.05) is 41.6 Å². The molecule has 0 aliphatic carbocycles. The summed E-state index contributed by atoms with van der Waals surface area (Å²) in [5.41, 5.74) is 4.27. The van der Waals surface area contributed by atoms with Crippen LogP contribution in [0.5, 0.6) is 0 Å². The lowest BCUT2D eigenvalue weighted by Crippen LogP contribution is -2.48. The Hall–Kier alpha value is -3.00. The number of fused-ring (bicyclic) bond motifs is 2. The summed E-state index contributed by atoms with van der Waals surface area (Å²) < 4.78 is 0. The first-order chi connectivity index (χ1) is 17.0. The summed E-state index contributed by atoms with van der Waals surface area (Å²) in [4.78, 5) is 32.0. The minimum Gasteiger partial charge on any atom is -0.369 e. The molecule has 0 radical (unpaired) electrons. The van der Waals surface area contributed by atoms with Gasteiger partial charge >= 0.3 is 0 Å². The Balaban J connectivity index is 1.14. The molecule has 35 heavy (non-hydrogen) atoms. The van der Waals surface area contributed by atoms with E-state index < -0.39 is 0 Å². The number of hydrogen-bond acceptors (Lipinski definition) is 5. The molecule has 0 spiro atoms. The number of halogens is 1. The zero-order valence-electron chi connectivity index (χ0n) is 19.5. The molecule has 2 aliphatic rings. The van der Waals surface area contributed by atoms with E-state index in [-0.39, 0.29) is 11.8 Å². The van der Waals surface area contributed by atoms with Crippen molar-refractivity contribution in [2.24, 2.45) is 0 Å². The number of benzene rings is 3. The van der Waals surface area contributed by atoms with Crippen molar-refractivity contribution in [1.29, 1.82) is 0 Å². The predicted octanol–water partition coefficient (Wildman–Crippen LogP) is 4.92. The Morgan fingerprint density at radius 3 is 2.66 bits per heavy atom. The van der Waals surface area contributed by atoms with Gasteiger partial charge in [0.15, 0.2) is 0 Å². The van der Waals surface area contributed by atoms with E-state index in [1.54, 1.807) is 6.07 Å². The number of carbonyl (C=O) groups excluding carboxylic acids is 2. The lowest BCUT2D eigenvalue weighted by Gasteiger charge is -2.36. The van der Waals surface area contributed by atoms with Crippen LogP contribution in [-0.4, -0.2) is 56.0 Å². The third kappa shape index (κ3) is 5.32. The van der Waals surface area contributed by atoms with E-state index >= 15 is 0 Å². The molecule has 2 heterocycles. The molecule has 1 saturated heterocycles. The molecule has 3 aromatic rings. The van der Waals surface area contributed by atoms with Gasteiger partial charge in [0, 0.05) is 65.3 Å². The number of rotatable bonds is 5. The zero-order valence-corrected chi connectivity index (χ0v) is 21.1. The Bertz CT molecular complexity index is 1270. The van der Waals surface area contributed by atoms with Crippen LogP contribution in [0.25, 0.3) is 0 Å². The molecule has 2 amide bonds. The molecular weight excluding hydrogens is 480 g/mol. The lowest BCUT2D eigenvalue weighted by molar-refractivity contribution is 0.0946. The highest BCUT2D eigenvalue weighted by molar-refractivity contribution is 7.99. The van der Waals surface area contributed by atoms with E-state index in [4.69, 9.17) is 11.6 Å². The zero-order chi connectivity index (χ0) is 24.4. The van der Waals surface area contributed by atoms with Gasteiger partial charge in [0.25, 0.3) is 11.8 Å². The molecule has 2 aliphatic heterocycles. The first kappa shape index (κ1) is 23.7. The van der Waals surface area contributed by atoms with Gasteiger partial charge in [0.05, 0.1) is 11.3 Å². The van der Waals surface area contributed by atoms with Gasteiger partial charge in [-0.2, -0.15) is 0 Å². The van der Waals surface area contributed by atoms with Crippen LogP contribution >= 0.6 is 23.4 Å². The van der Waals surface area contributed by atoms with Crippen molar-refractivity contribution >= 4 is 46.6 Å². The number of carbonyl (C=O) groups is 2. The first-order valence-corrected chi connectivity index (χ1v) is 12.9. The average Bonchev–Trinajstić information content (AvgIpc) is 3.01. The Morgan fingerprint density at radius 2 is 1.83 bits per heavy atom. The molecule has 1 fully saturated rings. The second-order valence-electron chi connectivity index (χ2n) is 8.78. The highest BCUT2D eigenvalue weighted by Crippen LogP contribution is 2.39. The molecule has 3 aromatic carbocycles. The smallest absolute Gasteiger partial charge is 0.256 e. The SMILES string of the molecule is Cc1ccc(Cl)cc1N1CCN(CCNC(=O)c2ccc3c(c2)NC(=O)c2ccccc2S3)CC1. The summed E-state index contributed by atoms with van der Waals surface area (Å²) in [5.74, 6) is -0.293. The summed E-state index contributed by atoms with van der Waals surface area (Å²) in [5, 5.41) is 6.73. The maximum Gasteiger partial charge on any atom is 0.256 e. The number of anilines is 2. The molecule has 0 unspecified atom stereocenters. The highest BCUT2D eigenvalue weighted by atomic mass is 35.5. The topological polar surface area (TPSA) is 64.7 Å². The monoisotopic (exact) mass is 506 g/mol. The van der Waals surface area contributed by atoms with Crippen molar-refractivity contribution < 1.29 is 9.59 Å². The fourth-order valence-corrected chi connectivity index (χ4v) is 5.65. The molecule has 2 N–H and O–H groups in total. The van der Waals surface area contributed by atoms with E-state index in [0.29, 0.717) is 23.4 Å². The molecule has 6 nitrogen and oxygen atoms in total. The normalized spacial score (nSPS) is 15.6. The largest absolute Gasteiger partial charge is 0.369 e. The number of nitrogens with one attached hydrogen (secondary N) is 2. The van der Waals surface area contributed by atoms with Crippen LogP contribution in [0.2, 0.25) is 5.02 Å². The summed E-state index contributed by atoms with van der Waals surface area (Å²) in [6.45, 7) is 7.20. The van der Waals surface area contributed by atoms with Gasteiger partial charge in [-0.15, -0.1) is 0 Å². The number of amides is 2. The van der Waals surface area contributed by atoms with Gasteiger partial charge in [-0.05, 0) is 55.0 Å². The van der Waals surface area contributed by atoms with Crippen LogP contribution in [-0.2, 0) is 0 Å². The summed E-state index contributed by atoms with van der Waals surface area (Å²) in [6.07, 6.45) is 0. The van der Waals surface area contributed by atoms with Crippen molar-refractivity contribution in [3.05, 3.63) is 82.4 Å². The average molecular weight is 507 g/mol. The highest BCUT2D eigenvalue weighted by Gasteiger charge is 2.21. The minimum absolute atomic E-state index is 0.137. The van der Waals surface area contributed by atoms with Crippen LogP contribution in [0.3, 0.4) is 0 Å². The fourth-order valence-electron chi connectivity index (χ4n) is 4.47. The number of aryl methyl sites for hydroxylation is 1. The maximum absolute atomic E-state index is 12.8. The van der Waals surface area contributed by atoms with E-state index in [1.807, 2.05) is 48.5 Å². The minimum atomic E-state index is -0.156. The number of nitrogens with zero attached hydrogens (tertiary/aromatic N) is 2. The Labute approximate surface area is 214 Å². The van der Waals surface area contributed by atoms with Crippen LogP contribution in [0, 0.1) is 6.92 Å². The third-order valence-electron chi connectivity index (χ3n) is 6.44. The maximum atomic E-state index is 12.8. The fraction of sp³-hybridized carbons (Fsp3) is 0.259. The summed E-state index contributed by atoms with van der Waals surface area (Å²) >= 11 is 7.72. The van der Waals surface area contributed by atoms with E-state index in [1.165, 1.54) is 23.0 Å². The third-order valence-corrected chi connectivity index (χ3v) is 7.83. The van der Waals surface area contributed by atoms with Gasteiger partial charge in [-0.3, -0.25) is 14.5 Å². The summed E-state index contributed by atoms with van der Waals surface area (Å²) in [7, 11) is 0. The summed E-state index contributed by atoms with van der Waals surface area (Å²) in [6, 6.07) is 19.0. The van der Waals surface area contributed by atoms with Gasteiger partial charge in [0.2, 0.25) is 0 Å².